The minimum atomic E-state index is 0.191. The van der Waals surface area contributed by atoms with Crippen LogP contribution in [0.4, 0.5) is 0 Å². The fourth-order valence-corrected chi connectivity index (χ4v) is 2.56. The van der Waals surface area contributed by atoms with Crippen LogP contribution in [0.2, 0.25) is 0 Å². The Kier molecular flexibility index (Phi) is 2.93. The molecule has 2 amide bonds. The highest BCUT2D eigenvalue weighted by molar-refractivity contribution is 5.74. The van der Waals surface area contributed by atoms with Gasteiger partial charge in [0.05, 0.1) is 0 Å². The van der Waals surface area contributed by atoms with Gasteiger partial charge in [-0.05, 0) is 24.7 Å². The van der Waals surface area contributed by atoms with Crippen molar-refractivity contribution in [1.29, 1.82) is 0 Å². The molecule has 0 aromatic heterocycles. The Morgan fingerprint density at radius 3 is 2.27 bits per heavy atom. The van der Waals surface area contributed by atoms with Crippen LogP contribution in [0.5, 0.6) is 0 Å². The molecule has 0 N–H and O–H groups in total. The van der Waals surface area contributed by atoms with E-state index in [0.717, 1.165) is 51.3 Å². The maximum absolute atomic E-state index is 11.0. The number of carbonyl (C=O) groups is 2. The lowest BCUT2D eigenvalue weighted by atomic mass is 9.80. The average molecular weight is 210 g/mol. The van der Waals surface area contributed by atoms with Crippen LogP contribution in [-0.2, 0) is 9.59 Å². The summed E-state index contributed by atoms with van der Waals surface area (Å²) in [6, 6.07) is 0. The van der Waals surface area contributed by atoms with Crippen molar-refractivity contribution in [3.8, 4) is 0 Å². The first-order chi connectivity index (χ1) is 7.20. The van der Waals surface area contributed by atoms with Crippen LogP contribution >= 0.6 is 0 Å². The van der Waals surface area contributed by atoms with Crippen LogP contribution in [0, 0.1) is 11.8 Å². The third-order valence-electron chi connectivity index (χ3n) is 3.75. The van der Waals surface area contributed by atoms with E-state index in [-0.39, 0.29) is 5.91 Å². The number of carbonyl (C=O) groups excluding carboxylic acids is 2. The minimum Gasteiger partial charge on any atom is -0.345 e. The van der Waals surface area contributed by atoms with Crippen LogP contribution in [-0.4, -0.2) is 48.3 Å². The van der Waals surface area contributed by atoms with Gasteiger partial charge in [0.25, 0.3) is 0 Å². The quantitative estimate of drug-likeness (QED) is 0.616. The lowest BCUT2D eigenvalue weighted by Crippen LogP contribution is -2.53. The smallest absolute Gasteiger partial charge is 0.219 e. The summed E-state index contributed by atoms with van der Waals surface area (Å²) in [4.78, 5) is 25.3. The maximum atomic E-state index is 11.0. The molecule has 84 valence electrons. The van der Waals surface area contributed by atoms with E-state index in [2.05, 4.69) is 0 Å². The van der Waals surface area contributed by atoms with Crippen molar-refractivity contribution in [1.82, 2.24) is 9.80 Å². The molecule has 0 bridgehead atoms. The molecule has 0 atom stereocenters. The number of rotatable bonds is 2. The second-order valence-corrected chi connectivity index (χ2v) is 4.66. The second kappa shape index (κ2) is 4.21. The van der Waals surface area contributed by atoms with Crippen molar-refractivity contribution >= 4 is 12.3 Å². The van der Waals surface area contributed by atoms with Crippen LogP contribution in [0.25, 0.3) is 0 Å². The van der Waals surface area contributed by atoms with Gasteiger partial charge in [0.15, 0.2) is 0 Å². The molecule has 2 rings (SSSR count). The van der Waals surface area contributed by atoms with E-state index in [4.69, 9.17) is 0 Å². The number of hydrogen-bond acceptors (Lipinski definition) is 2. The standard InChI is InChI=1S/C11H18N2O2/c1-9(15)13-6-11(7-13)10-2-4-12(8-14)5-3-10/h8,10-11H,2-7H2,1H3. The zero-order chi connectivity index (χ0) is 10.8. The zero-order valence-corrected chi connectivity index (χ0v) is 9.19. The molecule has 4 nitrogen and oxygen atoms in total. The Morgan fingerprint density at radius 1 is 1.20 bits per heavy atom. The van der Waals surface area contributed by atoms with E-state index in [1.807, 2.05) is 9.80 Å². The summed E-state index contributed by atoms with van der Waals surface area (Å²) in [6.45, 7) is 5.28. The molecular formula is C11H18N2O2. The molecule has 0 spiro atoms. The molecule has 0 radical (unpaired) electrons. The van der Waals surface area contributed by atoms with Gasteiger partial charge in [-0.1, -0.05) is 0 Å². The lowest BCUT2D eigenvalue weighted by molar-refractivity contribution is -0.137. The molecule has 0 unspecified atom stereocenters. The summed E-state index contributed by atoms with van der Waals surface area (Å²) in [5.74, 6) is 1.59. The third-order valence-corrected chi connectivity index (χ3v) is 3.75. The summed E-state index contributed by atoms with van der Waals surface area (Å²) in [5.41, 5.74) is 0. The summed E-state index contributed by atoms with van der Waals surface area (Å²) in [6.07, 6.45) is 3.16. The van der Waals surface area contributed by atoms with Gasteiger partial charge in [0.1, 0.15) is 0 Å². The molecule has 0 saturated carbocycles. The van der Waals surface area contributed by atoms with Gasteiger partial charge in [-0.2, -0.15) is 0 Å². The van der Waals surface area contributed by atoms with Gasteiger partial charge in [-0.3, -0.25) is 9.59 Å². The lowest BCUT2D eigenvalue weighted by Gasteiger charge is -2.45. The monoisotopic (exact) mass is 210 g/mol. The highest BCUT2D eigenvalue weighted by Gasteiger charge is 2.35. The number of amides is 2. The number of hydrogen-bond donors (Lipinski definition) is 0. The van der Waals surface area contributed by atoms with Gasteiger partial charge in [-0.25, -0.2) is 0 Å². The average Bonchev–Trinajstić information content (AvgIpc) is 2.16. The molecular weight excluding hydrogens is 192 g/mol. The first-order valence-electron chi connectivity index (χ1n) is 5.65. The fraction of sp³-hybridized carbons (Fsp3) is 0.818. The Hall–Kier alpha value is -1.06. The molecule has 2 aliphatic rings. The van der Waals surface area contributed by atoms with E-state index in [1.165, 1.54) is 0 Å². The molecule has 2 fully saturated rings. The Balaban J connectivity index is 1.74. The molecule has 2 aliphatic heterocycles. The van der Waals surface area contributed by atoms with E-state index >= 15 is 0 Å². The first kappa shape index (κ1) is 10.5. The Morgan fingerprint density at radius 2 is 1.80 bits per heavy atom. The number of nitrogens with zero attached hydrogens (tertiary/aromatic N) is 2. The minimum absolute atomic E-state index is 0.191. The Labute approximate surface area is 90.2 Å². The van der Waals surface area contributed by atoms with Gasteiger partial charge in [-0.15, -0.1) is 0 Å². The van der Waals surface area contributed by atoms with Crippen molar-refractivity contribution < 1.29 is 9.59 Å². The molecule has 0 aromatic carbocycles. The van der Waals surface area contributed by atoms with Crippen LogP contribution in [0.3, 0.4) is 0 Å². The van der Waals surface area contributed by atoms with Crippen molar-refractivity contribution in [2.45, 2.75) is 19.8 Å². The fourth-order valence-electron chi connectivity index (χ4n) is 2.56. The molecule has 0 aliphatic carbocycles. The molecule has 2 heterocycles. The van der Waals surface area contributed by atoms with Crippen LogP contribution < -0.4 is 0 Å². The number of piperidine rings is 1. The maximum Gasteiger partial charge on any atom is 0.219 e. The Bertz CT molecular complexity index is 253. The first-order valence-corrected chi connectivity index (χ1v) is 5.65. The molecule has 2 saturated heterocycles. The van der Waals surface area contributed by atoms with Crippen LogP contribution in [0.1, 0.15) is 19.8 Å². The number of likely N-dealkylation sites (tertiary alicyclic amines) is 2. The third kappa shape index (κ3) is 2.13. The second-order valence-electron chi connectivity index (χ2n) is 4.66. The SMILES string of the molecule is CC(=O)N1CC(C2CCN(C=O)CC2)C1. The summed E-state index contributed by atoms with van der Waals surface area (Å²) in [7, 11) is 0. The summed E-state index contributed by atoms with van der Waals surface area (Å²) in [5, 5.41) is 0. The zero-order valence-electron chi connectivity index (χ0n) is 9.19. The van der Waals surface area contributed by atoms with Gasteiger partial charge in [0, 0.05) is 33.1 Å². The van der Waals surface area contributed by atoms with Gasteiger partial charge < -0.3 is 9.80 Å². The summed E-state index contributed by atoms with van der Waals surface area (Å²) >= 11 is 0. The van der Waals surface area contributed by atoms with Crippen molar-refractivity contribution in [2.75, 3.05) is 26.2 Å². The molecule has 4 heteroatoms. The van der Waals surface area contributed by atoms with E-state index < -0.39 is 0 Å². The van der Waals surface area contributed by atoms with E-state index in [1.54, 1.807) is 6.92 Å². The van der Waals surface area contributed by atoms with Gasteiger partial charge >= 0.3 is 0 Å². The van der Waals surface area contributed by atoms with Gasteiger partial charge in [0.2, 0.25) is 12.3 Å². The molecule has 0 aromatic rings. The van der Waals surface area contributed by atoms with Crippen molar-refractivity contribution in [3.63, 3.8) is 0 Å². The topological polar surface area (TPSA) is 40.6 Å². The normalized spacial score (nSPS) is 23.8. The summed E-state index contributed by atoms with van der Waals surface area (Å²) < 4.78 is 0. The highest BCUT2D eigenvalue weighted by atomic mass is 16.2. The van der Waals surface area contributed by atoms with Crippen molar-refractivity contribution in [2.24, 2.45) is 11.8 Å². The largest absolute Gasteiger partial charge is 0.345 e. The van der Waals surface area contributed by atoms with Crippen LogP contribution in [0.15, 0.2) is 0 Å². The van der Waals surface area contributed by atoms with E-state index in [9.17, 15) is 9.59 Å². The van der Waals surface area contributed by atoms with Crippen molar-refractivity contribution in [3.05, 3.63) is 0 Å². The van der Waals surface area contributed by atoms with E-state index in [0.29, 0.717) is 5.92 Å². The highest BCUT2D eigenvalue weighted by Crippen LogP contribution is 2.31. The predicted octanol–water partition coefficient (Wildman–Crippen LogP) is 0.333. The predicted molar refractivity (Wildman–Crippen MR) is 56.1 cm³/mol. The molecule has 15 heavy (non-hydrogen) atoms.